The predicted molar refractivity (Wildman–Crippen MR) is 124 cm³/mol. The van der Waals surface area contributed by atoms with Crippen molar-refractivity contribution in [3.63, 3.8) is 0 Å². The third-order valence-corrected chi connectivity index (χ3v) is 7.09. The van der Waals surface area contributed by atoms with Crippen LogP contribution < -0.4 is 10.6 Å². The lowest BCUT2D eigenvalue weighted by Crippen LogP contribution is -2.25. The highest BCUT2D eigenvalue weighted by atomic mass is 32.1. The van der Waals surface area contributed by atoms with Crippen LogP contribution in [0.2, 0.25) is 0 Å². The number of benzene rings is 1. The minimum absolute atomic E-state index is 0.158. The lowest BCUT2D eigenvalue weighted by molar-refractivity contribution is -0.115. The second kappa shape index (κ2) is 8.67. The quantitative estimate of drug-likeness (QED) is 0.404. The van der Waals surface area contributed by atoms with Crippen molar-refractivity contribution in [3.05, 3.63) is 75.7 Å². The molecule has 32 heavy (non-hydrogen) atoms. The Morgan fingerprint density at radius 3 is 2.88 bits per heavy atom. The normalized spacial score (nSPS) is 12.8. The Labute approximate surface area is 189 Å². The first kappa shape index (κ1) is 20.6. The number of aryl methyl sites for hydroxylation is 2. The van der Waals surface area contributed by atoms with Crippen LogP contribution >= 0.6 is 11.3 Å². The molecule has 3 heterocycles. The molecule has 0 saturated carbocycles. The Kier molecular flexibility index (Phi) is 5.57. The number of hydrogen-bond donors (Lipinski definition) is 2. The van der Waals surface area contributed by atoms with Gasteiger partial charge in [0.05, 0.1) is 31.1 Å². The molecular weight excluding hydrogens is 424 g/mol. The fourth-order valence-corrected chi connectivity index (χ4v) is 5.53. The van der Waals surface area contributed by atoms with E-state index in [2.05, 4.69) is 23.6 Å². The van der Waals surface area contributed by atoms with Gasteiger partial charge in [-0.15, -0.1) is 11.3 Å². The first-order valence-corrected chi connectivity index (χ1v) is 11.7. The topological polar surface area (TPSA) is 84.5 Å². The van der Waals surface area contributed by atoms with Crippen molar-refractivity contribution < 1.29 is 18.4 Å². The van der Waals surface area contributed by atoms with E-state index in [1.54, 1.807) is 18.6 Å². The summed E-state index contributed by atoms with van der Waals surface area (Å²) in [5.41, 5.74) is 4.47. The Bertz CT molecular complexity index is 1280. The van der Waals surface area contributed by atoms with Gasteiger partial charge in [-0.3, -0.25) is 9.59 Å². The first-order valence-electron chi connectivity index (χ1n) is 10.9. The van der Waals surface area contributed by atoms with Crippen molar-refractivity contribution in [2.75, 3.05) is 5.32 Å². The highest BCUT2D eigenvalue weighted by Gasteiger charge is 2.27. The van der Waals surface area contributed by atoms with Gasteiger partial charge in [-0.1, -0.05) is 13.0 Å². The summed E-state index contributed by atoms with van der Waals surface area (Å²) in [6.07, 6.45) is 7.18. The van der Waals surface area contributed by atoms with Crippen LogP contribution in [0.1, 0.15) is 51.0 Å². The molecule has 0 aliphatic heterocycles. The zero-order valence-electron chi connectivity index (χ0n) is 17.8. The van der Waals surface area contributed by atoms with Crippen molar-refractivity contribution in [3.8, 4) is 0 Å². The number of anilines is 1. The maximum absolute atomic E-state index is 13.0. The second-order valence-corrected chi connectivity index (χ2v) is 9.10. The number of fused-ring (bicyclic) bond motifs is 2. The molecule has 1 aromatic carbocycles. The second-order valence-electron chi connectivity index (χ2n) is 7.99. The van der Waals surface area contributed by atoms with Gasteiger partial charge in [0.25, 0.3) is 5.91 Å². The van der Waals surface area contributed by atoms with Crippen molar-refractivity contribution >= 4 is 39.1 Å². The molecule has 2 amide bonds. The van der Waals surface area contributed by atoms with E-state index in [-0.39, 0.29) is 18.2 Å². The Morgan fingerprint density at radius 1 is 1.16 bits per heavy atom. The molecule has 1 aliphatic carbocycles. The standard InChI is InChI=1S/C25H24N2O4S/c1-2-15-8-9-20-19(11-15)16(14-31-20)12-22(28)27-25-23(18-6-3-7-21(18)32-25)24(29)26-13-17-5-4-10-30-17/h4-5,8-11,14H,2-3,6-7,12-13H2,1H3,(H,26,29)(H,27,28). The molecule has 0 fully saturated rings. The zero-order chi connectivity index (χ0) is 22.1. The molecule has 0 radical (unpaired) electrons. The van der Waals surface area contributed by atoms with E-state index in [1.807, 2.05) is 18.2 Å². The van der Waals surface area contributed by atoms with E-state index >= 15 is 0 Å². The summed E-state index contributed by atoms with van der Waals surface area (Å²) in [6, 6.07) is 9.67. The van der Waals surface area contributed by atoms with Crippen LogP contribution in [0, 0.1) is 0 Å². The summed E-state index contributed by atoms with van der Waals surface area (Å²) in [6.45, 7) is 2.41. The van der Waals surface area contributed by atoms with Gasteiger partial charge in [0.1, 0.15) is 16.3 Å². The van der Waals surface area contributed by atoms with Gasteiger partial charge in [-0.2, -0.15) is 0 Å². The molecule has 3 aromatic heterocycles. The van der Waals surface area contributed by atoms with Gasteiger partial charge in [-0.25, -0.2) is 0 Å². The number of rotatable bonds is 7. The van der Waals surface area contributed by atoms with E-state index in [4.69, 9.17) is 8.83 Å². The van der Waals surface area contributed by atoms with Crippen LogP contribution in [0.4, 0.5) is 5.00 Å². The van der Waals surface area contributed by atoms with E-state index in [1.165, 1.54) is 21.8 Å². The van der Waals surface area contributed by atoms with Gasteiger partial charge < -0.3 is 19.5 Å². The minimum Gasteiger partial charge on any atom is -0.467 e. The molecule has 0 atom stereocenters. The van der Waals surface area contributed by atoms with Crippen LogP contribution in [0.25, 0.3) is 11.0 Å². The largest absolute Gasteiger partial charge is 0.467 e. The van der Waals surface area contributed by atoms with E-state index in [0.29, 0.717) is 22.9 Å². The highest BCUT2D eigenvalue weighted by molar-refractivity contribution is 7.17. The summed E-state index contributed by atoms with van der Waals surface area (Å²) in [5.74, 6) is 0.348. The summed E-state index contributed by atoms with van der Waals surface area (Å²) in [4.78, 5) is 27.1. The minimum atomic E-state index is -0.183. The van der Waals surface area contributed by atoms with Gasteiger partial charge in [0.15, 0.2) is 0 Å². The number of carbonyl (C=O) groups is 2. The van der Waals surface area contributed by atoms with Crippen LogP contribution in [0.5, 0.6) is 0 Å². The summed E-state index contributed by atoms with van der Waals surface area (Å²) >= 11 is 1.51. The average molecular weight is 449 g/mol. The molecule has 2 N–H and O–H groups in total. The number of amides is 2. The monoisotopic (exact) mass is 448 g/mol. The molecular formula is C25H24N2O4S. The molecule has 6 nitrogen and oxygen atoms in total. The molecule has 0 unspecified atom stereocenters. The van der Waals surface area contributed by atoms with E-state index in [9.17, 15) is 9.59 Å². The van der Waals surface area contributed by atoms with Gasteiger partial charge in [0.2, 0.25) is 5.91 Å². The van der Waals surface area contributed by atoms with Gasteiger partial charge in [-0.05, 0) is 61.1 Å². The predicted octanol–water partition coefficient (Wildman–Crippen LogP) is 5.25. The number of thiophene rings is 1. The van der Waals surface area contributed by atoms with Crippen molar-refractivity contribution in [2.45, 2.75) is 45.6 Å². The van der Waals surface area contributed by atoms with Crippen LogP contribution in [0.15, 0.2) is 51.7 Å². The van der Waals surface area contributed by atoms with Crippen LogP contribution in [-0.4, -0.2) is 11.8 Å². The lowest BCUT2D eigenvalue weighted by atomic mass is 10.1. The van der Waals surface area contributed by atoms with Crippen molar-refractivity contribution in [2.24, 2.45) is 0 Å². The molecule has 4 aromatic rings. The molecule has 0 saturated heterocycles. The SMILES string of the molecule is CCc1ccc2occ(CC(=O)Nc3sc4c(c3C(=O)NCc3ccco3)CCC4)c2c1. The van der Waals surface area contributed by atoms with Crippen LogP contribution in [-0.2, 0) is 37.0 Å². The van der Waals surface area contributed by atoms with Gasteiger partial charge >= 0.3 is 0 Å². The number of carbonyl (C=O) groups excluding carboxylic acids is 2. The number of furan rings is 2. The summed E-state index contributed by atoms with van der Waals surface area (Å²) < 4.78 is 10.9. The third-order valence-electron chi connectivity index (χ3n) is 5.88. The molecule has 0 bridgehead atoms. The fraction of sp³-hybridized carbons (Fsp3) is 0.280. The first-order chi connectivity index (χ1) is 15.6. The van der Waals surface area contributed by atoms with Crippen molar-refractivity contribution in [1.82, 2.24) is 5.32 Å². The maximum Gasteiger partial charge on any atom is 0.254 e. The Balaban J connectivity index is 1.35. The third kappa shape index (κ3) is 3.96. The molecule has 1 aliphatic rings. The summed E-state index contributed by atoms with van der Waals surface area (Å²) in [7, 11) is 0. The van der Waals surface area contributed by atoms with Gasteiger partial charge in [0, 0.05) is 15.8 Å². The fourth-order valence-electron chi connectivity index (χ4n) is 4.23. The van der Waals surface area contributed by atoms with Crippen molar-refractivity contribution in [1.29, 1.82) is 0 Å². The van der Waals surface area contributed by atoms with E-state index < -0.39 is 0 Å². The molecule has 164 valence electrons. The summed E-state index contributed by atoms with van der Waals surface area (Å²) in [5, 5.41) is 7.51. The number of hydrogen-bond acceptors (Lipinski definition) is 5. The number of nitrogens with one attached hydrogen (secondary N) is 2. The smallest absolute Gasteiger partial charge is 0.254 e. The zero-order valence-corrected chi connectivity index (χ0v) is 18.6. The van der Waals surface area contributed by atoms with E-state index in [0.717, 1.165) is 47.8 Å². The molecule has 0 spiro atoms. The Morgan fingerprint density at radius 2 is 2.06 bits per heavy atom. The molecule has 7 heteroatoms. The average Bonchev–Trinajstić information content (AvgIpc) is 3.57. The van der Waals surface area contributed by atoms with Crippen LogP contribution in [0.3, 0.4) is 0 Å². The maximum atomic E-state index is 13.0. The highest BCUT2D eigenvalue weighted by Crippen LogP contribution is 2.39. The Hall–Kier alpha value is -3.32. The lowest BCUT2D eigenvalue weighted by Gasteiger charge is -2.09. The molecule has 5 rings (SSSR count).